The minimum absolute atomic E-state index is 0.206. The Hall–Kier alpha value is -3.94. The third-order valence-electron chi connectivity index (χ3n) is 4.10. The van der Waals surface area contributed by atoms with Crippen LogP contribution in [0, 0.1) is 5.82 Å². The summed E-state index contributed by atoms with van der Waals surface area (Å²) >= 11 is 0. The number of aromatic nitrogens is 1. The van der Waals surface area contributed by atoms with Crippen LogP contribution in [0.15, 0.2) is 72.0 Å². The van der Waals surface area contributed by atoms with E-state index in [1.807, 2.05) is 6.07 Å². The maximum atomic E-state index is 13.2. The van der Waals surface area contributed by atoms with Crippen molar-refractivity contribution in [3.63, 3.8) is 0 Å². The molecule has 0 atom stereocenters. The van der Waals surface area contributed by atoms with Crippen LogP contribution >= 0.6 is 0 Å². The molecule has 30 heavy (non-hydrogen) atoms. The number of nitrogens with one attached hydrogen (secondary N) is 2. The standard InChI is InChI=1S/C22H21FN4O3/c1-29-19-10-16(11-20(12-19)30-2)21(28)27-22(25-14-15-4-3-9-24-13-15)26-18-7-5-17(23)6-8-18/h3-13H,14H2,1-2H3,(H2,25,26,27,28). The van der Waals surface area contributed by atoms with E-state index in [1.54, 1.807) is 48.8 Å². The lowest BCUT2D eigenvalue weighted by atomic mass is 10.2. The van der Waals surface area contributed by atoms with Gasteiger partial charge in [-0.1, -0.05) is 6.07 Å². The highest BCUT2D eigenvalue weighted by Crippen LogP contribution is 2.22. The molecule has 1 heterocycles. The summed E-state index contributed by atoms with van der Waals surface area (Å²) in [5, 5.41) is 5.75. The first-order valence-corrected chi connectivity index (χ1v) is 9.08. The molecule has 0 saturated heterocycles. The number of halogens is 1. The number of guanidine groups is 1. The fourth-order valence-corrected chi connectivity index (χ4v) is 2.56. The van der Waals surface area contributed by atoms with Gasteiger partial charge in [-0.3, -0.25) is 15.1 Å². The number of anilines is 1. The van der Waals surface area contributed by atoms with Gasteiger partial charge in [0.1, 0.15) is 17.3 Å². The minimum Gasteiger partial charge on any atom is -0.497 e. The van der Waals surface area contributed by atoms with Gasteiger partial charge >= 0.3 is 0 Å². The molecule has 0 saturated carbocycles. The summed E-state index contributed by atoms with van der Waals surface area (Å²) in [4.78, 5) is 21.3. The molecule has 0 unspecified atom stereocenters. The monoisotopic (exact) mass is 408 g/mol. The Morgan fingerprint density at radius 1 is 1.07 bits per heavy atom. The number of hydrogen-bond donors (Lipinski definition) is 2. The second-order valence-corrected chi connectivity index (χ2v) is 6.21. The number of aliphatic imine (C=N–C) groups is 1. The van der Waals surface area contributed by atoms with Crippen LogP contribution in [-0.2, 0) is 6.54 Å². The molecular weight excluding hydrogens is 387 g/mol. The third-order valence-corrected chi connectivity index (χ3v) is 4.10. The highest BCUT2D eigenvalue weighted by molar-refractivity contribution is 6.10. The minimum atomic E-state index is -0.410. The first-order valence-electron chi connectivity index (χ1n) is 9.08. The van der Waals surface area contributed by atoms with Crippen LogP contribution in [-0.4, -0.2) is 31.1 Å². The van der Waals surface area contributed by atoms with Crippen LogP contribution in [0.25, 0.3) is 0 Å². The maximum absolute atomic E-state index is 13.2. The van der Waals surface area contributed by atoms with Gasteiger partial charge in [0, 0.05) is 29.7 Å². The molecule has 0 fully saturated rings. The number of methoxy groups -OCH3 is 2. The molecule has 0 aliphatic carbocycles. The number of amides is 1. The van der Waals surface area contributed by atoms with Gasteiger partial charge in [0.05, 0.1) is 20.8 Å². The van der Waals surface area contributed by atoms with Crippen LogP contribution < -0.4 is 20.1 Å². The van der Waals surface area contributed by atoms with E-state index < -0.39 is 5.91 Å². The molecule has 0 spiro atoms. The van der Waals surface area contributed by atoms with Gasteiger partial charge in [0.25, 0.3) is 5.91 Å². The lowest BCUT2D eigenvalue weighted by molar-refractivity contribution is 0.0976. The number of carbonyl (C=O) groups is 1. The third kappa shape index (κ3) is 5.78. The Morgan fingerprint density at radius 3 is 2.37 bits per heavy atom. The molecule has 1 aromatic heterocycles. The summed E-state index contributed by atoms with van der Waals surface area (Å²) in [6.07, 6.45) is 3.36. The van der Waals surface area contributed by atoms with Crippen molar-refractivity contribution in [1.29, 1.82) is 0 Å². The normalized spacial score (nSPS) is 11.0. The van der Waals surface area contributed by atoms with E-state index in [2.05, 4.69) is 20.6 Å². The van der Waals surface area contributed by atoms with Gasteiger partial charge in [0.2, 0.25) is 5.96 Å². The summed E-state index contributed by atoms with van der Waals surface area (Å²) in [7, 11) is 3.01. The number of rotatable bonds is 6. The summed E-state index contributed by atoms with van der Waals surface area (Å²) in [6, 6.07) is 14.3. The zero-order valence-electron chi connectivity index (χ0n) is 16.6. The molecule has 1 amide bonds. The van der Waals surface area contributed by atoms with Crippen molar-refractivity contribution in [2.24, 2.45) is 4.99 Å². The smallest absolute Gasteiger partial charge is 0.258 e. The summed E-state index contributed by atoms with van der Waals surface area (Å²) in [5.41, 5.74) is 1.78. The Balaban J connectivity index is 1.83. The average Bonchev–Trinajstić information content (AvgIpc) is 2.79. The molecule has 0 bridgehead atoms. The Bertz CT molecular complexity index is 1000. The topological polar surface area (TPSA) is 84.8 Å². The number of ether oxygens (including phenoxy) is 2. The fraction of sp³-hybridized carbons (Fsp3) is 0.136. The predicted octanol–water partition coefficient (Wildman–Crippen LogP) is 3.64. The molecule has 3 rings (SSSR count). The van der Waals surface area contributed by atoms with E-state index in [4.69, 9.17) is 9.47 Å². The highest BCUT2D eigenvalue weighted by atomic mass is 19.1. The summed E-state index contributed by atoms with van der Waals surface area (Å²) in [5.74, 6) is 0.408. The van der Waals surface area contributed by atoms with Crippen LogP contribution in [0.4, 0.5) is 10.1 Å². The molecule has 0 aliphatic heterocycles. The van der Waals surface area contributed by atoms with Crippen molar-refractivity contribution >= 4 is 17.6 Å². The van der Waals surface area contributed by atoms with Gasteiger partial charge in [-0.15, -0.1) is 0 Å². The number of carbonyl (C=O) groups excluding carboxylic acids is 1. The largest absolute Gasteiger partial charge is 0.497 e. The van der Waals surface area contributed by atoms with E-state index in [0.717, 1.165) is 5.56 Å². The maximum Gasteiger partial charge on any atom is 0.258 e. The van der Waals surface area contributed by atoms with Gasteiger partial charge in [-0.25, -0.2) is 9.38 Å². The Kier molecular flexibility index (Phi) is 6.94. The van der Waals surface area contributed by atoms with Crippen molar-refractivity contribution in [1.82, 2.24) is 10.3 Å². The second-order valence-electron chi connectivity index (χ2n) is 6.21. The molecule has 0 radical (unpaired) electrons. The fourth-order valence-electron chi connectivity index (χ4n) is 2.56. The molecule has 3 aromatic rings. The van der Waals surface area contributed by atoms with Crippen LogP contribution in [0.2, 0.25) is 0 Å². The Morgan fingerprint density at radius 2 is 1.77 bits per heavy atom. The predicted molar refractivity (Wildman–Crippen MR) is 112 cm³/mol. The zero-order valence-corrected chi connectivity index (χ0v) is 16.6. The van der Waals surface area contributed by atoms with Gasteiger partial charge in [-0.2, -0.15) is 0 Å². The number of hydrogen-bond acceptors (Lipinski definition) is 5. The van der Waals surface area contributed by atoms with Crippen molar-refractivity contribution in [2.75, 3.05) is 19.5 Å². The zero-order chi connectivity index (χ0) is 21.3. The lowest BCUT2D eigenvalue weighted by Crippen LogP contribution is -2.36. The SMILES string of the molecule is COc1cc(OC)cc(C(=O)NC(=NCc2cccnc2)Nc2ccc(F)cc2)c1. The van der Waals surface area contributed by atoms with Crippen LogP contribution in [0.3, 0.4) is 0 Å². The van der Waals surface area contributed by atoms with Gasteiger partial charge < -0.3 is 14.8 Å². The van der Waals surface area contributed by atoms with Crippen LogP contribution in [0.5, 0.6) is 11.5 Å². The van der Waals surface area contributed by atoms with Crippen molar-refractivity contribution in [3.05, 3.63) is 83.9 Å². The summed E-state index contributed by atoms with van der Waals surface area (Å²) in [6.45, 7) is 0.291. The van der Waals surface area contributed by atoms with Crippen molar-refractivity contribution in [2.45, 2.75) is 6.54 Å². The van der Waals surface area contributed by atoms with Crippen molar-refractivity contribution in [3.8, 4) is 11.5 Å². The van der Waals surface area contributed by atoms with E-state index in [0.29, 0.717) is 29.3 Å². The van der Waals surface area contributed by atoms with Crippen LogP contribution in [0.1, 0.15) is 15.9 Å². The Labute approximate surface area is 173 Å². The molecule has 8 heteroatoms. The molecule has 2 aromatic carbocycles. The average molecular weight is 408 g/mol. The first kappa shape index (κ1) is 20.8. The van der Waals surface area contributed by atoms with E-state index in [9.17, 15) is 9.18 Å². The molecule has 2 N–H and O–H groups in total. The number of benzene rings is 2. The second kappa shape index (κ2) is 10.0. The summed E-state index contributed by atoms with van der Waals surface area (Å²) < 4.78 is 23.6. The van der Waals surface area contributed by atoms with Crippen molar-refractivity contribution < 1.29 is 18.7 Å². The molecule has 154 valence electrons. The van der Waals surface area contributed by atoms with Gasteiger partial charge in [0.15, 0.2) is 0 Å². The highest BCUT2D eigenvalue weighted by Gasteiger charge is 2.13. The molecule has 7 nitrogen and oxygen atoms in total. The number of pyridine rings is 1. The number of nitrogens with zero attached hydrogens (tertiary/aromatic N) is 2. The first-order chi connectivity index (χ1) is 14.6. The molecule has 0 aliphatic rings. The van der Waals surface area contributed by atoms with E-state index in [-0.39, 0.29) is 11.8 Å². The van der Waals surface area contributed by atoms with E-state index >= 15 is 0 Å². The van der Waals surface area contributed by atoms with Gasteiger partial charge in [-0.05, 0) is 48.0 Å². The van der Waals surface area contributed by atoms with E-state index in [1.165, 1.54) is 26.4 Å². The quantitative estimate of drug-likeness (QED) is 0.481. The lowest BCUT2D eigenvalue weighted by Gasteiger charge is -2.13. The molecular formula is C22H21FN4O3.